The number of hydrogen-bond acceptors (Lipinski definition) is 3. The standard InChI is InChI=1S/C11H14O3/c12-5-3-9-1-2-11(8-14)10(7-9)4-6-13/h1-2,7-8,12-13H,3-6H2. The van der Waals surface area contributed by atoms with Crippen molar-refractivity contribution in [3.63, 3.8) is 0 Å². The van der Waals surface area contributed by atoms with Crippen LogP contribution in [0.4, 0.5) is 0 Å². The van der Waals surface area contributed by atoms with Crippen LogP contribution in [0.15, 0.2) is 18.2 Å². The van der Waals surface area contributed by atoms with Gasteiger partial charge in [0.2, 0.25) is 0 Å². The van der Waals surface area contributed by atoms with Crippen molar-refractivity contribution in [3.8, 4) is 0 Å². The molecule has 0 saturated heterocycles. The lowest BCUT2D eigenvalue weighted by molar-refractivity contribution is 0.112. The quantitative estimate of drug-likeness (QED) is 0.674. The molecule has 2 N–H and O–H groups in total. The monoisotopic (exact) mass is 194 g/mol. The molecule has 14 heavy (non-hydrogen) atoms. The zero-order valence-electron chi connectivity index (χ0n) is 7.94. The van der Waals surface area contributed by atoms with E-state index in [0.717, 1.165) is 17.4 Å². The molecule has 0 aliphatic rings. The number of hydrogen-bond donors (Lipinski definition) is 2. The smallest absolute Gasteiger partial charge is 0.150 e. The van der Waals surface area contributed by atoms with Crippen molar-refractivity contribution in [1.82, 2.24) is 0 Å². The molecule has 0 saturated carbocycles. The first-order chi connectivity index (χ1) is 6.81. The Kier molecular flexibility index (Phi) is 4.29. The minimum Gasteiger partial charge on any atom is -0.396 e. The summed E-state index contributed by atoms with van der Waals surface area (Å²) in [4.78, 5) is 10.6. The maximum absolute atomic E-state index is 10.6. The van der Waals surface area contributed by atoms with E-state index in [0.29, 0.717) is 18.4 Å². The zero-order chi connectivity index (χ0) is 10.4. The minimum atomic E-state index is 0.0312. The van der Waals surface area contributed by atoms with Crippen LogP contribution in [-0.4, -0.2) is 29.7 Å². The first-order valence-corrected chi connectivity index (χ1v) is 4.60. The highest BCUT2D eigenvalue weighted by Crippen LogP contribution is 2.11. The van der Waals surface area contributed by atoms with Gasteiger partial charge in [0, 0.05) is 18.8 Å². The van der Waals surface area contributed by atoms with E-state index in [2.05, 4.69) is 0 Å². The predicted octanol–water partition coefficient (Wildman–Crippen LogP) is 0.569. The van der Waals surface area contributed by atoms with E-state index in [9.17, 15) is 4.79 Å². The zero-order valence-corrected chi connectivity index (χ0v) is 7.94. The van der Waals surface area contributed by atoms with E-state index in [1.54, 1.807) is 6.07 Å². The molecule has 0 aromatic heterocycles. The summed E-state index contributed by atoms with van der Waals surface area (Å²) in [5.41, 5.74) is 2.44. The number of benzene rings is 1. The molecule has 76 valence electrons. The molecule has 3 heteroatoms. The number of aliphatic hydroxyl groups excluding tert-OH is 2. The van der Waals surface area contributed by atoms with Crippen molar-refractivity contribution < 1.29 is 15.0 Å². The Bertz CT molecular complexity index is 307. The van der Waals surface area contributed by atoms with Gasteiger partial charge >= 0.3 is 0 Å². The molecule has 1 aromatic rings. The van der Waals surface area contributed by atoms with Crippen LogP contribution in [0.2, 0.25) is 0 Å². The van der Waals surface area contributed by atoms with E-state index in [-0.39, 0.29) is 13.2 Å². The van der Waals surface area contributed by atoms with Gasteiger partial charge in [0.05, 0.1) is 0 Å². The van der Waals surface area contributed by atoms with Gasteiger partial charge in [-0.2, -0.15) is 0 Å². The van der Waals surface area contributed by atoms with Gasteiger partial charge in [0.15, 0.2) is 0 Å². The molecule has 0 amide bonds. The van der Waals surface area contributed by atoms with Crippen molar-refractivity contribution >= 4 is 6.29 Å². The fourth-order valence-electron chi connectivity index (χ4n) is 1.40. The molecule has 3 nitrogen and oxygen atoms in total. The Balaban J connectivity index is 2.94. The van der Waals surface area contributed by atoms with Gasteiger partial charge in [-0.15, -0.1) is 0 Å². The second kappa shape index (κ2) is 5.52. The molecule has 0 fully saturated rings. The summed E-state index contributed by atoms with van der Waals surface area (Å²) in [5, 5.41) is 17.5. The van der Waals surface area contributed by atoms with Crippen molar-refractivity contribution in [2.24, 2.45) is 0 Å². The first kappa shape index (κ1) is 10.9. The van der Waals surface area contributed by atoms with E-state index >= 15 is 0 Å². The molecule has 0 aliphatic heterocycles. The van der Waals surface area contributed by atoms with Crippen LogP contribution in [0.25, 0.3) is 0 Å². The number of aldehydes is 1. The Labute approximate surface area is 83.0 Å². The molecule has 0 aliphatic carbocycles. The number of carbonyl (C=O) groups excluding carboxylic acids is 1. The van der Waals surface area contributed by atoms with Gasteiger partial charge < -0.3 is 10.2 Å². The van der Waals surface area contributed by atoms with Crippen molar-refractivity contribution in [3.05, 3.63) is 34.9 Å². The largest absolute Gasteiger partial charge is 0.396 e. The molecular weight excluding hydrogens is 180 g/mol. The predicted molar refractivity (Wildman–Crippen MR) is 53.4 cm³/mol. The third-order valence-electron chi connectivity index (χ3n) is 2.12. The lowest BCUT2D eigenvalue weighted by Gasteiger charge is -2.05. The molecular formula is C11H14O3. The minimum absolute atomic E-state index is 0.0312. The molecule has 0 heterocycles. The molecule has 1 aromatic carbocycles. The van der Waals surface area contributed by atoms with Gasteiger partial charge in [-0.3, -0.25) is 4.79 Å². The highest BCUT2D eigenvalue weighted by atomic mass is 16.3. The van der Waals surface area contributed by atoms with Gasteiger partial charge in [-0.05, 0) is 24.0 Å². The summed E-state index contributed by atoms with van der Waals surface area (Å²) in [6.07, 6.45) is 1.85. The van der Waals surface area contributed by atoms with E-state index < -0.39 is 0 Å². The van der Waals surface area contributed by atoms with E-state index in [4.69, 9.17) is 10.2 Å². The SMILES string of the molecule is O=Cc1ccc(CCO)cc1CCO. The summed E-state index contributed by atoms with van der Waals surface area (Å²) in [5.74, 6) is 0. The van der Waals surface area contributed by atoms with Crippen LogP contribution in [0.1, 0.15) is 21.5 Å². The van der Waals surface area contributed by atoms with Crippen LogP contribution in [0.3, 0.4) is 0 Å². The topological polar surface area (TPSA) is 57.5 Å². The summed E-state index contributed by atoms with van der Waals surface area (Å²) in [7, 11) is 0. The number of aliphatic hydroxyl groups is 2. The third-order valence-corrected chi connectivity index (χ3v) is 2.12. The summed E-state index contributed by atoms with van der Waals surface area (Å²) < 4.78 is 0. The second-order valence-electron chi connectivity index (χ2n) is 3.10. The first-order valence-electron chi connectivity index (χ1n) is 4.60. The Morgan fingerprint density at radius 1 is 1.14 bits per heavy atom. The van der Waals surface area contributed by atoms with Gasteiger partial charge in [0.1, 0.15) is 6.29 Å². The Hall–Kier alpha value is -1.19. The highest BCUT2D eigenvalue weighted by Gasteiger charge is 2.02. The van der Waals surface area contributed by atoms with Gasteiger partial charge in [-0.25, -0.2) is 0 Å². The summed E-state index contributed by atoms with van der Waals surface area (Å²) in [6.45, 7) is 0.127. The molecule has 1 rings (SSSR count). The van der Waals surface area contributed by atoms with E-state index in [1.807, 2.05) is 12.1 Å². The summed E-state index contributed by atoms with van der Waals surface area (Å²) in [6, 6.07) is 5.40. The highest BCUT2D eigenvalue weighted by molar-refractivity contribution is 5.77. The second-order valence-corrected chi connectivity index (χ2v) is 3.10. The third kappa shape index (κ3) is 2.65. The average molecular weight is 194 g/mol. The average Bonchev–Trinajstić information content (AvgIpc) is 2.19. The van der Waals surface area contributed by atoms with Crippen molar-refractivity contribution in [2.45, 2.75) is 12.8 Å². The van der Waals surface area contributed by atoms with Crippen LogP contribution in [0, 0.1) is 0 Å². The van der Waals surface area contributed by atoms with Gasteiger partial charge in [0.25, 0.3) is 0 Å². The molecule has 0 radical (unpaired) electrons. The fraction of sp³-hybridized carbons (Fsp3) is 0.364. The van der Waals surface area contributed by atoms with Crippen molar-refractivity contribution in [2.75, 3.05) is 13.2 Å². The Morgan fingerprint density at radius 2 is 1.86 bits per heavy atom. The Morgan fingerprint density at radius 3 is 2.43 bits per heavy atom. The maximum Gasteiger partial charge on any atom is 0.150 e. The molecule has 0 atom stereocenters. The van der Waals surface area contributed by atoms with Gasteiger partial charge in [-0.1, -0.05) is 18.2 Å². The van der Waals surface area contributed by atoms with Crippen LogP contribution < -0.4 is 0 Å². The molecule has 0 bridgehead atoms. The normalized spacial score (nSPS) is 10.1. The summed E-state index contributed by atoms with van der Waals surface area (Å²) >= 11 is 0. The maximum atomic E-state index is 10.6. The molecule has 0 spiro atoms. The number of carbonyl (C=O) groups is 1. The van der Waals surface area contributed by atoms with E-state index in [1.165, 1.54) is 0 Å². The fourth-order valence-corrected chi connectivity index (χ4v) is 1.40. The van der Waals surface area contributed by atoms with Crippen LogP contribution in [-0.2, 0) is 12.8 Å². The van der Waals surface area contributed by atoms with Crippen LogP contribution in [0.5, 0.6) is 0 Å². The lowest BCUT2D eigenvalue weighted by atomic mass is 10.0. The lowest BCUT2D eigenvalue weighted by Crippen LogP contribution is -1.99. The van der Waals surface area contributed by atoms with Crippen LogP contribution >= 0.6 is 0 Å². The van der Waals surface area contributed by atoms with Crippen molar-refractivity contribution in [1.29, 1.82) is 0 Å². The number of rotatable bonds is 5. The molecule has 0 unspecified atom stereocenters.